The largest absolute Gasteiger partial charge is 0.490 e. The molecule has 1 aliphatic carbocycles. The number of fused-ring (bicyclic) bond motifs is 1. The van der Waals surface area contributed by atoms with E-state index in [2.05, 4.69) is 86.0 Å². The van der Waals surface area contributed by atoms with E-state index in [9.17, 15) is 9.90 Å². The molecular weight excluding hydrogens is 446 g/mol. The number of aliphatic carboxylic acids is 1. The van der Waals surface area contributed by atoms with E-state index in [4.69, 9.17) is 4.74 Å². The lowest BCUT2D eigenvalue weighted by atomic mass is 9.86. The second kappa shape index (κ2) is 9.85. The van der Waals surface area contributed by atoms with Gasteiger partial charge in [0.15, 0.2) is 0 Å². The van der Waals surface area contributed by atoms with Crippen molar-refractivity contribution < 1.29 is 14.6 Å². The zero-order valence-corrected chi connectivity index (χ0v) is 21.5. The van der Waals surface area contributed by atoms with Crippen LogP contribution in [0, 0.1) is 0 Å². The molecule has 4 aromatic rings. The summed E-state index contributed by atoms with van der Waals surface area (Å²) >= 11 is 0. The summed E-state index contributed by atoms with van der Waals surface area (Å²) in [5.74, 6) is 0.113. The first kappa shape index (κ1) is 24.2. The van der Waals surface area contributed by atoms with E-state index in [1.165, 1.54) is 24.0 Å². The average molecular weight is 482 g/mol. The van der Waals surface area contributed by atoms with Crippen molar-refractivity contribution in [2.75, 3.05) is 0 Å². The Balaban J connectivity index is 1.49. The summed E-state index contributed by atoms with van der Waals surface area (Å²) < 4.78 is 8.34. The summed E-state index contributed by atoms with van der Waals surface area (Å²) in [5.41, 5.74) is 6.87. The van der Waals surface area contributed by atoms with Crippen LogP contribution in [-0.4, -0.2) is 21.7 Å². The number of carboxylic acids is 1. The molecule has 0 aliphatic heterocycles. The predicted molar refractivity (Wildman–Crippen MR) is 146 cm³/mol. The van der Waals surface area contributed by atoms with E-state index in [1.54, 1.807) is 0 Å². The SMILES string of the molecule is CC(C)(C)c1ccc(-c2ccc3c(c2)cc(CCC(=O)O)n3-c2ccc(OC3CCCC3)cc2)cc1. The molecule has 1 N–H and O–H groups in total. The van der Waals surface area contributed by atoms with Crippen molar-refractivity contribution in [1.82, 2.24) is 4.57 Å². The fraction of sp³-hybridized carbons (Fsp3) is 0.344. The van der Waals surface area contributed by atoms with Gasteiger partial charge in [0.1, 0.15) is 5.75 Å². The lowest BCUT2D eigenvalue weighted by Crippen LogP contribution is -2.10. The van der Waals surface area contributed by atoms with Crippen molar-refractivity contribution in [1.29, 1.82) is 0 Å². The summed E-state index contributed by atoms with van der Waals surface area (Å²) in [6, 6.07) is 25.7. The van der Waals surface area contributed by atoms with E-state index in [0.717, 1.165) is 46.4 Å². The lowest BCUT2D eigenvalue weighted by molar-refractivity contribution is -0.136. The molecule has 1 saturated carbocycles. The maximum absolute atomic E-state index is 11.4. The van der Waals surface area contributed by atoms with Gasteiger partial charge in [0.2, 0.25) is 0 Å². The van der Waals surface area contributed by atoms with Crippen molar-refractivity contribution in [2.45, 2.75) is 70.8 Å². The number of carbonyl (C=O) groups is 1. The zero-order valence-electron chi connectivity index (χ0n) is 21.5. The number of ether oxygens (including phenoxy) is 1. The number of aromatic nitrogens is 1. The number of rotatable bonds is 7. The fourth-order valence-corrected chi connectivity index (χ4v) is 5.21. The number of hydrogen-bond acceptors (Lipinski definition) is 2. The Morgan fingerprint density at radius 2 is 1.58 bits per heavy atom. The Bertz CT molecular complexity index is 1350. The average Bonchev–Trinajstić information content (AvgIpc) is 3.50. The molecule has 3 aromatic carbocycles. The number of hydrogen-bond donors (Lipinski definition) is 1. The Labute approximate surface area is 213 Å². The lowest BCUT2D eigenvalue weighted by Gasteiger charge is -2.19. The van der Waals surface area contributed by atoms with Crippen LogP contribution in [0.1, 0.15) is 64.1 Å². The molecular formula is C32H35NO3. The smallest absolute Gasteiger partial charge is 0.303 e. The molecule has 0 bridgehead atoms. The van der Waals surface area contributed by atoms with Crippen molar-refractivity contribution in [2.24, 2.45) is 0 Å². The maximum Gasteiger partial charge on any atom is 0.303 e. The van der Waals surface area contributed by atoms with Crippen molar-refractivity contribution in [3.05, 3.63) is 84.1 Å². The van der Waals surface area contributed by atoms with Gasteiger partial charge in [-0.1, -0.05) is 51.1 Å². The molecule has 0 saturated heterocycles. The van der Waals surface area contributed by atoms with Gasteiger partial charge >= 0.3 is 5.97 Å². The molecule has 4 nitrogen and oxygen atoms in total. The van der Waals surface area contributed by atoms with Crippen LogP contribution in [0.4, 0.5) is 0 Å². The highest BCUT2D eigenvalue weighted by atomic mass is 16.5. The van der Waals surface area contributed by atoms with Crippen LogP contribution in [-0.2, 0) is 16.6 Å². The van der Waals surface area contributed by atoms with Gasteiger partial charge in [0, 0.05) is 16.8 Å². The normalized spacial score (nSPS) is 14.4. The number of nitrogens with zero attached hydrogens (tertiary/aromatic N) is 1. The van der Waals surface area contributed by atoms with Gasteiger partial charge in [-0.05, 0) is 96.7 Å². The van der Waals surface area contributed by atoms with Gasteiger partial charge in [-0.15, -0.1) is 0 Å². The van der Waals surface area contributed by atoms with Gasteiger partial charge in [-0.25, -0.2) is 0 Å². The minimum atomic E-state index is -0.785. The Morgan fingerprint density at radius 3 is 2.22 bits per heavy atom. The molecule has 0 amide bonds. The molecule has 4 heteroatoms. The molecule has 1 heterocycles. The van der Waals surface area contributed by atoms with Crippen molar-refractivity contribution in [3.63, 3.8) is 0 Å². The van der Waals surface area contributed by atoms with Crippen LogP contribution in [0.2, 0.25) is 0 Å². The standard InChI is InChI=1S/C32H35NO3/c1-32(2,3)25-11-8-22(9-12-25)23-10-18-30-24(20-23)21-27(15-19-31(34)35)33(30)26-13-16-29(17-14-26)36-28-6-4-5-7-28/h8-14,16-18,20-21,28H,4-7,15,19H2,1-3H3,(H,34,35). The summed E-state index contributed by atoms with van der Waals surface area (Å²) in [6.45, 7) is 6.68. The van der Waals surface area contributed by atoms with Crippen LogP contribution in [0.5, 0.6) is 5.75 Å². The molecule has 0 radical (unpaired) electrons. The van der Waals surface area contributed by atoms with E-state index in [0.29, 0.717) is 12.5 Å². The summed E-state index contributed by atoms with van der Waals surface area (Å²) in [7, 11) is 0. The van der Waals surface area contributed by atoms with E-state index in [-0.39, 0.29) is 11.8 Å². The van der Waals surface area contributed by atoms with E-state index < -0.39 is 5.97 Å². The second-order valence-corrected chi connectivity index (χ2v) is 11.0. The first-order chi connectivity index (χ1) is 17.3. The highest BCUT2D eigenvalue weighted by Gasteiger charge is 2.18. The fourth-order valence-electron chi connectivity index (χ4n) is 5.21. The molecule has 0 atom stereocenters. The maximum atomic E-state index is 11.4. The quantitative estimate of drug-likeness (QED) is 0.291. The molecule has 0 unspecified atom stereocenters. The molecule has 1 aliphatic rings. The zero-order chi connectivity index (χ0) is 25.3. The van der Waals surface area contributed by atoms with Gasteiger partial charge in [0.05, 0.1) is 18.0 Å². The third kappa shape index (κ3) is 5.18. The second-order valence-electron chi connectivity index (χ2n) is 11.0. The Kier molecular flexibility index (Phi) is 6.61. The molecule has 36 heavy (non-hydrogen) atoms. The Hall–Kier alpha value is -3.53. The van der Waals surface area contributed by atoms with Gasteiger partial charge in [-0.2, -0.15) is 0 Å². The molecule has 0 spiro atoms. The highest BCUT2D eigenvalue weighted by molar-refractivity contribution is 5.88. The predicted octanol–water partition coefficient (Wildman–Crippen LogP) is 7.93. The summed E-state index contributed by atoms with van der Waals surface area (Å²) in [5, 5.41) is 10.4. The minimum absolute atomic E-state index is 0.0975. The molecule has 1 aromatic heterocycles. The summed E-state index contributed by atoms with van der Waals surface area (Å²) in [6.07, 6.45) is 5.64. The van der Waals surface area contributed by atoms with E-state index in [1.807, 2.05) is 12.1 Å². The first-order valence-corrected chi connectivity index (χ1v) is 13.0. The van der Waals surface area contributed by atoms with Crippen LogP contribution < -0.4 is 4.74 Å². The number of aryl methyl sites for hydroxylation is 1. The molecule has 1 fully saturated rings. The van der Waals surface area contributed by atoms with Crippen LogP contribution in [0.25, 0.3) is 27.7 Å². The van der Waals surface area contributed by atoms with Crippen molar-refractivity contribution in [3.8, 4) is 22.6 Å². The summed E-state index contributed by atoms with van der Waals surface area (Å²) in [4.78, 5) is 11.4. The van der Waals surface area contributed by atoms with Crippen molar-refractivity contribution >= 4 is 16.9 Å². The Morgan fingerprint density at radius 1 is 0.917 bits per heavy atom. The number of benzene rings is 3. The van der Waals surface area contributed by atoms with Gasteiger partial charge in [0.25, 0.3) is 0 Å². The molecule has 5 rings (SSSR count). The van der Waals surface area contributed by atoms with Crippen LogP contribution in [0.3, 0.4) is 0 Å². The third-order valence-corrected chi connectivity index (χ3v) is 7.26. The van der Waals surface area contributed by atoms with Crippen LogP contribution in [0.15, 0.2) is 72.8 Å². The topological polar surface area (TPSA) is 51.5 Å². The van der Waals surface area contributed by atoms with Gasteiger partial charge in [-0.3, -0.25) is 4.79 Å². The van der Waals surface area contributed by atoms with Gasteiger partial charge < -0.3 is 14.4 Å². The number of carboxylic acid groups (broad SMARTS) is 1. The van der Waals surface area contributed by atoms with Crippen LogP contribution >= 0.6 is 0 Å². The first-order valence-electron chi connectivity index (χ1n) is 13.0. The van der Waals surface area contributed by atoms with E-state index >= 15 is 0 Å². The molecule has 186 valence electrons. The minimum Gasteiger partial charge on any atom is -0.490 e. The monoisotopic (exact) mass is 481 g/mol. The highest BCUT2D eigenvalue weighted by Crippen LogP contribution is 2.32. The third-order valence-electron chi connectivity index (χ3n) is 7.26.